The molecule has 1 aliphatic carbocycles. The molecule has 1 saturated heterocycles. The molecule has 1 saturated carbocycles. The third kappa shape index (κ3) is 4.39. The van der Waals surface area contributed by atoms with Crippen molar-refractivity contribution in [2.24, 2.45) is 11.8 Å². The molecule has 2 nitrogen and oxygen atoms in total. The molecule has 1 heterocycles. The van der Waals surface area contributed by atoms with Gasteiger partial charge in [0.2, 0.25) is 0 Å². The molecule has 0 aromatic carbocycles. The second kappa shape index (κ2) is 7.70. The number of hydrogen-bond acceptors (Lipinski definition) is 3. The van der Waals surface area contributed by atoms with Gasteiger partial charge in [-0.1, -0.05) is 47.0 Å². The smallest absolute Gasteiger partial charge is 0.0284 e. The Morgan fingerprint density at radius 3 is 2.29 bits per heavy atom. The molecule has 2 aliphatic rings. The van der Waals surface area contributed by atoms with E-state index in [0.29, 0.717) is 16.8 Å². The van der Waals surface area contributed by atoms with Crippen LogP contribution in [-0.4, -0.2) is 47.6 Å². The molecule has 1 aliphatic heterocycles. The molecule has 0 bridgehead atoms. The first kappa shape index (κ1) is 17.6. The first-order chi connectivity index (χ1) is 9.97. The van der Waals surface area contributed by atoms with Crippen molar-refractivity contribution in [3.8, 4) is 0 Å². The van der Waals surface area contributed by atoms with E-state index in [2.05, 4.69) is 55.9 Å². The van der Waals surface area contributed by atoms with Crippen LogP contribution in [0.4, 0.5) is 0 Å². The van der Waals surface area contributed by atoms with Crippen molar-refractivity contribution in [1.29, 1.82) is 0 Å². The molecule has 2 unspecified atom stereocenters. The summed E-state index contributed by atoms with van der Waals surface area (Å²) in [7, 11) is 0. The zero-order valence-electron chi connectivity index (χ0n) is 14.8. The van der Waals surface area contributed by atoms with Gasteiger partial charge in [-0.05, 0) is 30.9 Å². The number of piperazine rings is 1. The van der Waals surface area contributed by atoms with Crippen molar-refractivity contribution >= 4 is 11.8 Å². The second-order valence-corrected chi connectivity index (χ2v) is 9.22. The summed E-state index contributed by atoms with van der Waals surface area (Å²) in [5, 5.41) is 3.80. The Kier molecular flexibility index (Phi) is 6.46. The second-order valence-electron chi connectivity index (χ2n) is 7.95. The van der Waals surface area contributed by atoms with E-state index in [0.717, 1.165) is 11.8 Å². The summed E-state index contributed by atoms with van der Waals surface area (Å²) in [6.45, 7) is 13.2. The maximum atomic E-state index is 3.80. The molecule has 0 aromatic rings. The van der Waals surface area contributed by atoms with E-state index in [1.165, 1.54) is 51.7 Å². The minimum Gasteiger partial charge on any atom is -0.311 e. The summed E-state index contributed by atoms with van der Waals surface area (Å²) in [4.78, 5) is 2.84. The van der Waals surface area contributed by atoms with E-state index in [1.807, 2.05) is 0 Å². The number of rotatable bonds is 5. The third-order valence-corrected chi connectivity index (χ3v) is 7.16. The van der Waals surface area contributed by atoms with Gasteiger partial charge in [0.15, 0.2) is 0 Å². The molecule has 0 radical (unpaired) electrons. The number of hydrogen-bond donors (Lipinski definition) is 1. The Balaban J connectivity index is 2.07. The molecule has 21 heavy (non-hydrogen) atoms. The van der Waals surface area contributed by atoms with Crippen LogP contribution in [0.1, 0.15) is 59.8 Å². The van der Waals surface area contributed by atoms with Crippen LogP contribution < -0.4 is 5.32 Å². The van der Waals surface area contributed by atoms with Crippen molar-refractivity contribution < 1.29 is 0 Å². The molecule has 124 valence electrons. The molecular formula is C18H36N2S. The van der Waals surface area contributed by atoms with Gasteiger partial charge in [-0.25, -0.2) is 0 Å². The summed E-state index contributed by atoms with van der Waals surface area (Å²) in [6, 6.07) is 1.38. The van der Waals surface area contributed by atoms with E-state index in [1.54, 1.807) is 0 Å². The van der Waals surface area contributed by atoms with E-state index >= 15 is 0 Å². The van der Waals surface area contributed by atoms with Crippen molar-refractivity contribution in [2.75, 3.05) is 25.9 Å². The van der Waals surface area contributed by atoms with E-state index in [-0.39, 0.29) is 0 Å². The average molecular weight is 313 g/mol. The fourth-order valence-corrected chi connectivity index (χ4v) is 5.12. The van der Waals surface area contributed by atoms with Crippen LogP contribution in [0.5, 0.6) is 0 Å². The van der Waals surface area contributed by atoms with Crippen LogP contribution in [0.2, 0.25) is 0 Å². The fourth-order valence-electron chi connectivity index (χ4n) is 4.13. The van der Waals surface area contributed by atoms with Crippen LogP contribution in [0.25, 0.3) is 0 Å². The monoisotopic (exact) mass is 312 g/mol. The van der Waals surface area contributed by atoms with Gasteiger partial charge in [-0.2, -0.15) is 11.8 Å². The van der Waals surface area contributed by atoms with E-state index in [9.17, 15) is 0 Å². The van der Waals surface area contributed by atoms with Gasteiger partial charge >= 0.3 is 0 Å². The summed E-state index contributed by atoms with van der Waals surface area (Å²) < 4.78 is 0.532. The van der Waals surface area contributed by atoms with Crippen molar-refractivity contribution in [2.45, 2.75) is 76.6 Å². The lowest BCUT2D eigenvalue weighted by Crippen LogP contribution is -2.62. The predicted octanol–water partition coefficient (Wildman–Crippen LogP) is 4.01. The van der Waals surface area contributed by atoms with Crippen LogP contribution in [0.15, 0.2) is 0 Å². The predicted molar refractivity (Wildman–Crippen MR) is 96.2 cm³/mol. The summed E-state index contributed by atoms with van der Waals surface area (Å²) in [5.74, 6) is 1.48. The highest BCUT2D eigenvalue weighted by atomic mass is 32.2. The van der Waals surface area contributed by atoms with Gasteiger partial charge in [0.1, 0.15) is 0 Å². The number of nitrogens with zero attached hydrogens (tertiary/aromatic N) is 1. The Hall–Kier alpha value is 0.270. The normalized spacial score (nSPS) is 31.0. The third-order valence-electron chi connectivity index (χ3n) is 5.75. The minimum atomic E-state index is 0.532. The quantitative estimate of drug-likeness (QED) is 0.826. The molecule has 2 fully saturated rings. The lowest BCUT2D eigenvalue weighted by molar-refractivity contribution is 0.0702. The lowest BCUT2D eigenvalue weighted by atomic mass is 9.86. The minimum absolute atomic E-state index is 0.532. The van der Waals surface area contributed by atoms with Gasteiger partial charge in [0.25, 0.3) is 0 Å². The highest BCUT2D eigenvalue weighted by Gasteiger charge is 2.38. The summed E-state index contributed by atoms with van der Waals surface area (Å²) >= 11 is 2.15. The molecule has 0 amide bonds. The number of nitrogens with one attached hydrogen (secondary N) is 1. The summed E-state index contributed by atoms with van der Waals surface area (Å²) in [5.41, 5.74) is 0. The zero-order valence-corrected chi connectivity index (χ0v) is 15.6. The fraction of sp³-hybridized carbons (Fsp3) is 1.00. The van der Waals surface area contributed by atoms with E-state index in [4.69, 9.17) is 0 Å². The van der Waals surface area contributed by atoms with Gasteiger partial charge < -0.3 is 5.32 Å². The van der Waals surface area contributed by atoms with Crippen molar-refractivity contribution in [3.63, 3.8) is 0 Å². The maximum Gasteiger partial charge on any atom is 0.0284 e. The van der Waals surface area contributed by atoms with Gasteiger partial charge in [-0.15, -0.1) is 0 Å². The zero-order chi connectivity index (χ0) is 15.5. The Morgan fingerprint density at radius 1 is 1.10 bits per heavy atom. The van der Waals surface area contributed by atoms with Crippen LogP contribution in [0, 0.1) is 11.8 Å². The Bertz CT molecular complexity index is 310. The van der Waals surface area contributed by atoms with Crippen molar-refractivity contribution in [3.05, 3.63) is 0 Å². The van der Waals surface area contributed by atoms with Gasteiger partial charge in [0, 0.05) is 36.5 Å². The molecular weight excluding hydrogens is 276 g/mol. The maximum absolute atomic E-state index is 3.80. The molecule has 0 spiro atoms. The standard InChI is InChI=1S/C18H36N2S/c1-14(2)16-12-20(17(11-19-16)15(3)4)13-18(21-5)9-7-6-8-10-18/h14-17,19H,6-13H2,1-5H3. The van der Waals surface area contributed by atoms with Crippen LogP contribution >= 0.6 is 11.8 Å². The molecule has 0 aromatic heterocycles. The van der Waals surface area contributed by atoms with Crippen LogP contribution in [-0.2, 0) is 0 Å². The number of thioether (sulfide) groups is 1. The van der Waals surface area contributed by atoms with Crippen molar-refractivity contribution in [1.82, 2.24) is 10.2 Å². The van der Waals surface area contributed by atoms with Gasteiger partial charge in [-0.3, -0.25) is 4.90 Å². The average Bonchev–Trinajstić information content (AvgIpc) is 2.47. The molecule has 2 atom stereocenters. The topological polar surface area (TPSA) is 15.3 Å². The Morgan fingerprint density at radius 2 is 1.76 bits per heavy atom. The Labute approximate surface area is 136 Å². The highest BCUT2D eigenvalue weighted by Crippen LogP contribution is 2.40. The largest absolute Gasteiger partial charge is 0.311 e. The first-order valence-electron chi connectivity index (χ1n) is 9.00. The van der Waals surface area contributed by atoms with Crippen LogP contribution in [0.3, 0.4) is 0 Å². The first-order valence-corrected chi connectivity index (χ1v) is 10.2. The lowest BCUT2D eigenvalue weighted by Gasteiger charge is -2.48. The van der Waals surface area contributed by atoms with E-state index < -0.39 is 0 Å². The molecule has 1 N–H and O–H groups in total. The molecule has 3 heteroatoms. The summed E-state index contributed by atoms with van der Waals surface area (Å²) in [6.07, 6.45) is 9.52. The SMILES string of the molecule is CSC1(CN2CC(C(C)C)NCC2C(C)C)CCCCC1. The van der Waals surface area contributed by atoms with Gasteiger partial charge in [0.05, 0.1) is 0 Å². The highest BCUT2D eigenvalue weighted by molar-refractivity contribution is 8.00. The molecule has 2 rings (SSSR count).